The number of amides is 1. The summed E-state index contributed by atoms with van der Waals surface area (Å²) < 4.78 is 0. The SMILES string of the molecule is Cc1ccc2[nH]cc([C@H](C(=O)O)N3CCC[C@H]3C(N)=O)c2c1. The van der Waals surface area contributed by atoms with Crippen molar-refractivity contribution in [3.63, 3.8) is 0 Å². The molecule has 0 bridgehead atoms. The smallest absolute Gasteiger partial charge is 0.325 e. The van der Waals surface area contributed by atoms with Gasteiger partial charge < -0.3 is 15.8 Å². The van der Waals surface area contributed by atoms with Crippen LogP contribution in [0.3, 0.4) is 0 Å². The number of aromatic nitrogens is 1. The van der Waals surface area contributed by atoms with E-state index in [1.165, 1.54) is 0 Å². The third-order valence-electron chi connectivity index (χ3n) is 4.35. The third-order valence-corrected chi connectivity index (χ3v) is 4.35. The number of aliphatic carboxylic acids is 1. The second-order valence-electron chi connectivity index (χ2n) is 5.83. The van der Waals surface area contributed by atoms with Gasteiger partial charge in [0.1, 0.15) is 6.04 Å². The summed E-state index contributed by atoms with van der Waals surface area (Å²) in [6.45, 7) is 2.52. The minimum Gasteiger partial charge on any atom is -0.480 e. The van der Waals surface area contributed by atoms with Gasteiger partial charge in [-0.05, 0) is 31.9 Å². The molecule has 0 spiro atoms. The van der Waals surface area contributed by atoms with E-state index in [0.717, 1.165) is 22.9 Å². The molecule has 1 aliphatic heterocycles. The molecule has 4 N–H and O–H groups in total. The first-order chi connectivity index (χ1) is 10.5. The predicted molar refractivity (Wildman–Crippen MR) is 82.3 cm³/mol. The first-order valence-electron chi connectivity index (χ1n) is 7.34. The molecule has 2 heterocycles. The minimum atomic E-state index is -0.962. The Morgan fingerprint density at radius 3 is 2.91 bits per heavy atom. The van der Waals surface area contributed by atoms with Crippen LogP contribution in [0.5, 0.6) is 0 Å². The van der Waals surface area contributed by atoms with Crippen molar-refractivity contribution in [2.45, 2.75) is 31.8 Å². The maximum absolute atomic E-state index is 11.9. The number of nitrogens with two attached hydrogens (primary N) is 1. The lowest BCUT2D eigenvalue weighted by Crippen LogP contribution is -2.44. The molecule has 2 atom stereocenters. The summed E-state index contributed by atoms with van der Waals surface area (Å²) in [4.78, 5) is 28.3. The van der Waals surface area contributed by atoms with Crippen LogP contribution >= 0.6 is 0 Å². The van der Waals surface area contributed by atoms with Gasteiger partial charge in [0.2, 0.25) is 5.91 Å². The monoisotopic (exact) mass is 301 g/mol. The molecule has 2 aromatic rings. The molecule has 1 aromatic carbocycles. The molecule has 0 radical (unpaired) electrons. The maximum Gasteiger partial charge on any atom is 0.325 e. The van der Waals surface area contributed by atoms with Crippen LogP contribution in [0.4, 0.5) is 0 Å². The average Bonchev–Trinajstić information content (AvgIpc) is 3.07. The van der Waals surface area contributed by atoms with Crippen LogP contribution in [0.1, 0.15) is 30.0 Å². The van der Waals surface area contributed by atoms with Crippen LogP contribution in [0.15, 0.2) is 24.4 Å². The number of rotatable bonds is 4. The van der Waals surface area contributed by atoms with E-state index in [1.807, 2.05) is 25.1 Å². The second-order valence-corrected chi connectivity index (χ2v) is 5.83. The van der Waals surface area contributed by atoms with Crippen LogP contribution < -0.4 is 5.73 Å². The summed E-state index contributed by atoms with van der Waals surface area (Å²) in [7, 11) is 0. The number of H-pyrrole nitrogens is 1. The molecule has 1 aromatic heterocycles. The van der Waals surface area contributed by atoms with Crippen molar-refractivity contribution in [3.05, 3.63) is 35.5 Å². The van der Waals surface area contributed by atoms with Crippen LogP contribution in [0, 0.1) is 6.92 Å². The number of carbonyl (C=O) groups excluding carboxylic acids is 1. The van der Waals surface area contributed by atoms with E-state index in [0.29, 0.717) is 18.5 Å². The van der Waals surface area contributed by atoms with Crippen LogP contribution in [0.25, 0.3) is 10.9 Å². The molecule has 6 heteroatoms. The van der Waals surface area contributed by atoms with E-state index < -0.39 is 24.0 Å². The fourth-order valence-corrected chi connectivity index (χ4v) is 3.34. The van der Waals surface area contributed by atoms with Gasteiger partial charge in [0.05, 0.1) is 6.04 Å². The van der Waals surface area contributed by atoms with E-state index in [9.17, 15) is 14.7 Å². The van der Waals surface area contributed by atoms with Gasteiger partial charge in [-0.15, -0.1) is 0 Å². The van der Waals surface area contributed by atoms with Gasteiger partial charge in [-0.1, -0.05) is 11.6 Å². The second kappa shape index (κ2) is 5.46. The number of nitrogens with zero attached hydrogens (tertiary/aromatic N) is 1. The van der Waals surface area contributed by atoms with Gasteiger partial charge in [-0.2, -0.15) is 0 Å². The number of carbonyl (C=O) groups is 2. The zero-order valence-electron chi connectivity index (χ0n) is 12.4. The van der Waals surface area contributed by atoms with E-state index >= 15 is 0 Å². The van der Waals surface area contributed by atoms with Crippen molar-refractivity contribution in [2.24, 2.45) is 5.73 Å². The summed E-state index contributed by atoms with van der Waals surface area (Å²) in [6.07, 6.45) is 3.11. The lowest BCUT2D eigenvalue weighted by Gasteiger charge is -2.28. The molecule has 1 saturated heterocycles. The molecule has 1 fully saturated rings. The van der Waals surface area contributed by atoms with E-state index in [4.69, 9.17) is 5.73 Å². The molecule has 0 saturated carbocycles. The van der Waals surface area contributed by atoms with Gasteiger partial charge in [0, 0.05) is 29.2 Å². The van der Waals surface area contributed by atoms with Crippen LogP contribution in [-0.4, -0.2) is 39.5 Å². The first-order valence-corrected chi connectivity index (χ1v) is 7.34. The van der Waals surface area contributed by atoms with E-state index in [-0.39, 0.29) is 0 Å². The standard InChI is InChI=1S/C16H19N3O3/c1-9-4-5-12-10(7-9)11(8-18-12)14(16(21)22)19-6-2-3-13(19)15(17)20/h4-5,7-8,13-14,18H,2-3,6H2,1H3,(H2,17,20)(H,21,22)/t13-,14+/m0/s1. The molecule has 22 heavy (non-hydrogen) atoms. The number of hydrogen-bond donors (Lipinski definition) is 3. The summed E-state index contributed by atoms with van der Waals surface area (Å²) in [5, 5.41) is 10.6. The highest BCUT2D eigenvalue weighted by Crippen LogP contribution is 2.34. The van der Waals surface area contributed by atoms with Crippen molar-refractivity contribution in [3.8, 4) is 0 Å². The maximum atomic E-state index is 11.9. The van der Waals surface area contributed by atoms with Crippen molar-refractivity contribution in [1.82, 2.24) is 9.88 Å². The number of aryl methyl sites for hydroxylation is 1. The Kier molecular flexibility index (Phi) is 3.62. The third kappa shape index (κ3) is 2.35. The van der Waals surface area contributed by atoms with Crippen molar-refractivity contribution >= 4 is 22.8 Å². The highest BCUT2D eigenvalue weighted by Gasteiger charge is 2.39. The van der Waals surface area contributed by atoms with Crippen LogP contribution in [0.2, 0.25) is 0 Å². The lowest BCUT2D eigenvalue weighted by molar-refractivity contribution is -0.144. The highest BCUT2D eigenvalue weighted by molar-refractivity contribution is 5.90. The van der Waals surface area contributed by atoms with Gasteiger partial charge in [-0.3, -0.25) is 14.5 Å². The van der Waals surface area contributed by atoms with Crippen molar-refractivity contribution < 1.29 is 14.7 Å². The van der Waals surface area contributed by atoms with Gasteiger partial charge in [0.15, 0.2) is 0 Å². The molecule has 116 valence electrons. The Balaban J connectivity index is 2.09. The predicted octanol–water partition coefficient (Wildman–Crippen LogP) is 1.55. The molecule has 0 unspecified atom stereocenters. The number of hydrogen-bond acceptors (Lipinski definition) is 3. The molecule has 1 aliphatic rings. The number of nitrogens with one attached hydrogen (secondary N) is 1. The Labute approximate surface area is 127 Å². The largest absolute Gasteiger partial charge is 0.480 e. The molecular weight excluding hydrogens is 282 g/mol. The molecule has 3 rings (SSSR count). The first kappa shape index (κ1) is 14.6. The van der Waals surface area contributed by atoms with Crippen molar-refractivity contribution in [2.75, 3.05) is 6.54 Å². The topological polar surface area (TPSA) is 99.4 Å². The number of primary amides is 1. The number of aromatic amines is 1. The van der Waals surface area contributed by atoms with E-state index in [2.05, 4.69) is 4.98 Å². The fraction of sp³-hybridized carbons (Fsp3) is 0.375. The summed E-state index contributed by atoms with van der Waals surface area (Å²) in [6, 6.07) is 4.49. The number of carboxylic acids is 1. The van der Waals surface area contributed by atoms with Gasteiger partial charge in [-0.25, -0.2) is 0 Å². The average molecular weight is 301 g/mol. The Morgan fingerprint density at radius 2 is 2.23 bits per heavy atom. The zero-order chi connectivity index (χ0) is 15.9. The zero-order valence-corrected chi connectivity index (χ0v) is 12.4. The molecule has 6 nitrogen and oxygen atoms in total. The fourth-order valence-electron chi connectivity index (χ4n) is 3.34. The minimum absolute atomic E-state index is 0.459. The summed E-state index contributed by atoms with van der Waals surface area (Å²) in [5.74, 6) is -1.42. The number of benzene rings is 1. The Bertz CT molecular complexity index is 737. The van der Waals surface area contributed by atoms with Crippen LogP contribution in [-0.2, 0) is 9.59 Å². The lowest BCUT2D eigenvalue weighted by atomic mass is 10.0. The number of likely N-dealkylation sites (tertiary alicyclic amines) is 1. The molecule has 1 amide bonds. The van der Waals surface area contributed by atoms with Gasteiger partial charge >= 0.3 is 5.97 Å². The van der Waals surface area contributed by atoms with E-state index in [1.54, 1.807) is 11.1 Å². The summed E-state index contributed by atoms with van der Waals surface area (Å²) in [5.41, 5.74) is 8.07. The Morgan fingerprint density at radius 1 is 1.45 bits per heavy atom. The number of carboxylic acid groups (broad SMARTS) is 1. The van der Waals surface area contributed by atoms with Crippen molar-refractivity contribution in [1.29, 1.82) is 0 Å². The van der Waals surface area contributed by atoms with Gasteiger partial charge in [0.25, 0.3) is 0 Å². The molecular formula is C16H19N3O3. The number of fused-ring (bicyclic) bond motifs is 1. The molecule has 0 aliphatic carbocycles. The Hall–Kier alpha value is -2.34. The quantitative estimate of drug-likeness (QED) is 0.797. The highest BCUT2D eigenvalue weighted by atomic mass is 16.4. The summed E-state index contributed by atoms with van der Waals surface area (Å²) >= 11 is 0. The normalized spacial score (nSPS) is 20.3.